The Hall–Kier alpha value is -3.39. The molecule has 1 atom stereocenters. The van der Waals surface area contributed by atoms with Crippen LogP contribution in [-0.4, -0.2) is 33.4 Å². The minimum Gasteiger partial charge on any atom is -0.338 e. The molecule has 0 radical (unpaired) electrons. The maximum atomic E-state index is 12.8. The van der Waals surface area contributed by atoms with E-state index >= 15 is 0 Å². The van der Waals surface area contributed by atoms with Crippen molar-refractivity contribution in [1.82, 2.24) is 14.5 Å². The lowest BCUT2D eigenvalue weighted by Crippen LogP contribution is -2.29. The molecule has 1 amide bonds. The van der Waals surface area contributed by atoms with Crippen LogP contribution >= 0.6 is 0 Å². The topological polar surface area (TPSA) is 61.9 Å². The largest absolute Gasteiger partial charge is 0.338 e. The van der Waals surface area contributed by atoms with E-state index < -0.39 is 0 Å². The number of nitriles is 1. The number of likely N-dealkylation sites (tertiary alicyclic amines) is 1. The van der Waals surface area contributed by atoms with Crippen molar-refractivity contribution in [1.29, 1.82) is 5.26 Å². The average Bonchev–Trinajstić information content (AvgIpc) is 3.36. The lowest BCUT2D eigenvalue weighted by molar-refractivity contribution is 0.0786. The molecule has 28 heavy (non-hydrogen) atoms. The van der Waals surface area contributed by atoms with Gasteiger partial charge in [0.15, 0.2) is 0 Å². The normalized spacial score (nSPS) is 16.1. The van der Waals surface area contributed by atoms with E-state index in [0.717, 1.165) is 43.1 Å². The first kappa shape index (κ1) is 18.0. The molecule has 2 aromatic carbocycles. The van der Waals surface area contributed by atoms with Crippen LogP contribution in [0.1, 0.15) is 28.0 Å². The van der Waals surface area contributed by atoms with Crippen molar-refractivity contribution in [2.75, 3.05) is 13.1 Å². The molecular weight excluding hydrogens is 348 g/mol. The molecule has 4 rings (SSSR count). The summed E-state index contributed by atoms with van der Waals surface area (Å²) in [5.41, 5.74) is 3.46. The smallest absolute Gasteiger partial charge is 0.253 e. The number of aromatic nitrogens is 2. The molecule has 140 valence electrons. The van der Waals surface area contributed by atoms with Gasteiger partial charge in [0, 0.05) is 42.7 Å². The number of amides is 1. The number of nitrogens with zero attached hydrogens (tertiary/aromatic N) is 4. The standard InChI is InChI=1S/C23H22N4O/c1-17-14-25-22(20-5-3-2-4-6-20)27(17)16-19-11-12-26(15-19)23(28)21-9-7-18(13-24)8-10-21/h2-10,14,19H,11-12,15-16H2,1H3. The number of carbonyl (C=O) groups is 1. The lowest BCUT2D eigenvalue weighted by Gasteiger charge is -2.18. The fraction of sp³-hybridized carbons (Fsp3) is 0.261. The molecule has 1 saturated heterocycles. The monoisotopic (exact) mass is 370 g/mol. The molecule has 0 saturated carbocycles. The van der Waals surface area contributed by atoms with E-state index in [1.165, 1.54) is 0 Å². The van der Waals surface area contributed by atoms with Crippen molar-refractivity contribution in [3.8, 4) is 17.5 Å². The molecule has 2 heterocycles. The maximum Gasteiger partial charge on any atom is 0.253 e. The highest BCUT2D eigenvalue weighted by Crippen LogP contribution is 2.25. The van der Waals surface area contributed by atoms with Crippen molar-refractivity contribution >= 4 is 5.91 Å². The van der Waals surface area contributed by atoms with Crippen LogP contribution in [-0.2, 0) is 6.54 Å². The Morgan fingerprint density at radius 1 is 1.18 bits per heavy atom. The second kappa shape index (κ2) is 7.69. The Bertz CT molecular complexity index is 1020. The first-order valence-corrected chi connectivity index (χ1v) is 9.52. The zero-order valence-electron chi connectivity index (χ0n) is 15.9. The van der Waals surface area contributed by atoms with Crippen LogP contribution in [0.5, 0.6) is 0 Å². The molecule has 1 aromatic heterocycles. The molecule has 0 spiro atoms. The third kappa shape index (κ3) is 3.54. The Morgan fingerprint density at radius 3 is 2.64 bits per heavy atom. The predicted octanol–water partition coefficient (Wildman–Crippen LogP) is 3.89. The zero-order chi connectivity index (χ0) is 19.5. The summed E-state index contributed by atoms with van der Waals surface area (Å²) in [4.78, 5) is 19.3. The van der Waals surface area contributed by atoms with E-state index in [4.69, 9.17) is 5.26 Å². The van der Waals surface area contributed by atoms with Crippen molar-refractivity contribution in [3.05, 3.63) is 77.6 Å². The van der Waals surface area contributed by atoms with Gasteiger partial charge in [-0.25, -0.2) is 4.98 Å². The third-order valence-electron chi connectivity index (χ3n) is 5.36. The third-order valence-corrected chi connectivity index (χ3v) is 5.36. The van der Waals surface area contributed by atoms with E-state index in [1.807, 2.05) is 29.3 Å². The molecule has 1 aliphatic heterocycles. The van der Waals surface area contributed by atoms with E-state index in [0.29, 0.717) is 17.0 Å². The second-order valence-electron chi connectivity index (χ2n) is 7.29. The van der Waals surface area contributed by atoms with Gasteiger partial charge in [-0.05, 0) is 43.5 Å². The summed E-state index contributed by atoms with van der Waals surface area (Å²) in [7, 11) is 0. The van der Waals surface area contributed by atoms with Gasteiger partial charge in [0.05, 0.1) is 11.6 Å². The Labute approximate surface area is 164 Å². The lowest BCUT2D eigenvalue weighted by atomic mass is 10.1. The minimum atomic E-state index is 0.0395. The molecule has 1 fully saturated rings. The summed E-state index contributed by atoms with van der Waals surface area (Å²) in [5, 5.41) is 8.91. The molecular formula is C23H22N4O. The Kier molecular flexibility index (Phi) is 4.94. The number of rotatable bonds is 4. The van der Waals surface area contributed by atoms with Crippen molar-refractivity contribution in [2.45, 2.75) is 19.9 Å². The van der Waals surface area contributed by atoms with Crippen LogP contribution < -0.4 is 0 Å². The summed E-state index contributed by atoms with van der Waals surface area (Å²) < 4.78 is 2.26. The van der Waals surface area contributed by atoms with Crippen LogP contribution in [0.15, 0.2) is 60.8 Å². The van der Waals surface area contributed by atoms with Crippen molar-refractivity contribution < 1.29 is 4.79 Å². The van der Waals surface area contributed by atoms with Gasteiger partial charge in [-0.1, -0.05) is 30.3 Å². The highest BCUT2D eigenvalue weighted by atomic mass is 16.2. The summed E-state index contributed by atoms with van der Waals surface area (Å²) >= 11 is 0. The molecule has 0 bridgehead atoms. The summed E-state index contributed by atoms with van der Waals surface area (Å²) in [6, 6.07) is 19.2. The van der Waals surface area contributed by atoms with E-state index in [1.54, 1.807) is 24.3 Å². The van der Waals surface area contributed by atoms with Crippen LogP contribution in [0.2, 0.25) is 0 Å². The number of imidazole rings is 1. The van der Waals surface area contributed by atoms with Crippen LogP contribution in [0, 0.1) is 24.2 Å². The molecule has 0 N–H and O–H groups in total. The van der Waals surface area contributed by atoms with Crippen molar-refractivity contribution in [2.24, 2.45) is 5.92 Å². The summed E-state index contributed by atoms with van der Waals surface area (Å²) in [5.74, 6) is 1.42. The molecule has 5 heteroatoms. The van der Waals surface area contributed by atoms with Gasteiger partial charge < -0.3 is 9.47 Å². The minimum absolute atomic E-state index is 0.0395. The molecule has 1 aliphatic rings. The number of hydrogen-bond donors (Lipinski definition) is 0. The fourth-order valence-electron chi connectivity index (χ4n) is 3.80. The van der Waals surface area contributed by atoms with Gasteiger partial charge in [0.2, 0.25) is 0 Å². The van der Waals surface area contributed by atoms with Gasteiger partial charge in [0.25, 0.3) is 5.91 Å². The van der Waals surface area contributed by atoms with Crippen molar-refractivity contribution in [3.63, 3.8) is 0 Å². The van der Waals surface area contributed by atoms with E-state index in [-0.39, 0.29) is 5.91 Å². The van der Waals surface area contributed by atoms with Gasteiger partial charge in [0.1, 0.15) is 5.82 Å². The SMILES string of the molecule is Cc1cnc(-c2ccccc2)n1CC1CCN(C(=O)c2ccc(C#N)cc2)C1. The number of benzene rings is 2. The molecule has 1 unspecified atom stereocenters. The fourth-order valence-corrected chi connectivity index (χ4v) is 3.80. The molecule has 0 aliphatic carbocycles. The van der Waals surface area contributed by atoms with Gasteiger partial charge in [-0.3, -0.25) is 4.79 Å². The Morgan fingerprint density at radius 2 is 1.93 bits per heavy atom. The van der Waals surface area contributed by atoms with E-state index in [9.17, 15) is 4.79 Å². The predicted molar refractivity (Wildman–Crippen MR) is 108 cm³/mol. The molecule has 5 nitrogen and oxygen atoms in total. The number of carbonyl (C=O) groups excluding carboxylic acids is 1. The second-order valence-corrected chi connectivity index (χ2v) is 7.29. The maximum absolute atomic E-state index is 12.8. The first-order valence-electron chi connectivity index (χ1n) is 9.52. The summed E-state index contributed by atoms with van der Waals surface area (Å²) in [6.07, 6.45) is 2.89. The summed E-state index contributed by atoms with van der Waals surface area (Å²) in [6.45, 7) is 4.43. The van der Waals surface area contributed by atoms with E-state index in [2.05, 4.69) is 34.7 Å². The van der Waals surface area contributed by atoms with Crippen LogP contribution in [0.3, 0.4) is 0 Å². The quantitative estimate of drug-likeness (QED) is 0.700. The van der Waals surface area contributed by atoms with Gasteiger partial charge >= 0.3 is 0 Å². The molecule has 3 aromatic rings. The number of aryl methyl sites for hydroxylation is 1. The highest BCUT2D eigenvalue weighted by molar-refractivity contribution is 5.94. The van der Waals surface area contributed by atoms with Crippen LogP contribution in [0.4, 0.5) is 0 Å². The zero-order valence-corrected chi connectivity index (χ0v) is 15.9. The van der Waals surface area contributed by atoms with Crippen LogP contribution in [0.25, 0.3) is 11.4 Å². The Balaban J connectivity index is 1.46. The average molecular weight is 370 g/mol. The van der Waals surface area contributed by atoms with Gasteiger partial charge in [-0.2, -0.15) is 5.26 Å². The van der Waals surface area contributed by atoms with Gasteiger partial charge in [-0.15, -0.1) is 0 Å². The first-order chi connectivity index (χ1) is 13.7. The highest BCUT2D eigenvalue weighted by Gasteiger charge is 2.28. The number of hydrogen-bond acceptors (Lipinski definition) is 3.